The van der Waals surface area contributed by atoms with Gasteiger partial charge in [0.05, 0.1) is 30.6 Å². The Morgan fingerprint density at radius 3 is 2.59 bits per heavy atom. The highest BCUT2D eigenvalue weighted by molar-refractivity contribution is 7.80. The standard InChI is InChI=1S/C25H23ClN4OS/c1-16-14-21(17(2)30(16)19-10-8-18(26)9-11-19)24-23(22-7-3-4-12-27-22)28-25(32)29(24)15-20-6-5-13-31-20/h3-14,23-24H,15H2,1-2H3,(H,28,32)/t23-,24+/m1/s1. The molecule has 4 aromatic rings. The van der Waals surface area contributed by atoms with Crippen molar-refractivity contribution in [3.05, 3.63) is 107 Å². The van der Waals surface area contributed by atoms with Gasteiger partial charge in [-0.2, -0.15) is 0 Å². The van der Waals surface area contributed by atoms with Crippen LogP contribution in [0.25, 0.3) is 5.69 Å². The number of rotatable bonds is 5. The molecule has 5 rings (SSSR count). The monoisotopic (exact) mass is 462 g/mol. The maximum Gasteiger partial charge on any atom is 0.170 e. The summed E-state index contributed by atoms with van der Waals surface area (Å²) in [5, 5.41) is 4.93. The summed E-state index contributed by atoms with van der Waals surface area (Å²) in [4.78, 5) is 6.83. The molecule has 0 unspecified atom stereocenters. The summed E-state index contributed by atoms with van der Waals surface area (Å²) in [6.07, 6.45) is 3.52. The number of hydrogen-bond donors (Lipinski definition) is 1. The third-order valence-corrected chi connectivity index (χ3v) is 6.58. The van der Waals surface area contributed by atoms with E-state index in [0.717, 1.165) is 33.6 Å². The SMILES string of the molecule is Cc1cc([C@H]2[C@@H](c3ccccn3)NC(=S)N2Cc2ccco2)c(C)n1-c1ccc(Cl)cc1. The van der Waals surface area contributed by atoms with E-state index in [1.54, 1.807) is 6.26 Å². The number of nitrogens with zero attached hydrogens (tertiary/aromatic N) is 3. The van der Waals surface area contributed by atoms with Crippen LogP contribution in [0.1, 0.15) is 40.5 Å². The van der Waals surface area contributed by atoms with E-state index < -0.39 is 0 Å². The van der Waals surface area contributed by atoms with Crippen LogP contribution in [0.3, 0.4) is 0 Å². The fraction of sp³-hybridized carbons (Fsp3) is 0.200. The van der Waals surface area contributed by atoms with Gasteiger partial charge in [0.15, 0.2) is 5.11 Å². The van der Waals surface area contributed by atoms with Crippen LogP contribution < -0.4 is 5.32 Å². The largest absolute Gasteiger partial charge is 0.467 e. The smallest absolute Gasteiger partial charge is 0.170 e. The summed E-state index contributed by atoms with van der Waals surface area (Å²) in [6, 6.07) is 19.9. The molecule has 0 saturated carbocycles. The third kappa shape index (κ3) is 3.70. The zero-order valence-corrected chi connectivity index (χ0v) is 19.4. The van der Waals surface area contributed by atoms with Crippen LogP contribution in [0.15, 0.2) is 77.5 Å². The molecule has 0 radical (unpaired) electrons. The van der Waals surface area contributed by atoms with Gasteiger partial charge in [0, 0.05) is 28.3 Å². The zero-order valence-electron chi connectivity index (χ0n) is 17.8. The van der Waals surface area contributed by atoms with Gasteiger partial charge in [-0.05, 0) is 86.2 Å². The van der Waals surface area contributed by atoms with Gasteiger partial charge in [-0.15, -0.1) is 0 Å². The first kappa shape index (κ1) is 20.8. The molecule has 5 nitrogen and oxygen atoms in total. The van der Waals surface area contributed by atoms with Crippen LogP contribution in [-0.4, -0.2) is 19.6 Å². The van der Waals surface area contributed by atoms with E-state index in [1.165, 1.54) is 5.56 Å². The fourth-order valence-corrected chi connectivity index (χ4v) is 4.99. The lowest BCUT2D eigenvalue weighted by atomic mass is 9.96. The van der Waals surface area contributed by atoms with E-state index in [1.807, 2.05) is 60.8 Å². The van der Waals surface area contributed by atoms with Crippen molar-refractivity contribution in [2.75, 3.05) is 0 Å². The lowest BCUT2D eigenvalue weighted by Gasteiger charge is -2.27. The number of furan rings is 1. The molecule has 0 amide bonds. The molecule has 0 spiro atoms. The number of hydrogen-bond acceptors (Lipinski definition) is 3. The molecular formula is C25H23ClN4OS. The Kier molecular flexibility index (Phi) is 5.49. The van der Waals surface area contributed by atoms with E-state index in [0.29, 0.717) is 11.7 Å². The fourth-order valence-electron chi connectivity index (χ4n) is 4.56. The topological polar surface area (TPSA) is 46.2 Å². The molecular weight excluding hydrogens is 440 g/mol. The number of aromatic nitrogens is 2. The van der Waals surface area contributed by atoms with Crippen LogP contribution in [-0.2, 0) is 6.54 Å². The van der Waals surface area contributed by atoms with Crippen molar-refractivity contribution >= 4 is 28.9 Å². The van der Waals surface area contributed by atoms with E-state index in [-0.39, 0.29) is 12.1 Å². The van der Waals surface area contributed by atoms with Crippen molar-refractivity contribution in [2.45, 2.75) is 32.5 Å². The highest BCUT2D eigenvalue weighted by Gasteiger charge is 2.41. The Morgan fingerprint density at radius 1 is 1.09 bits per heavy atom. The quantitative estimate of drug-likeness (QED) is 0.373. The molecule has 1 aromatic carbocycles. The molecule has 7 heteroatoms. The van der Waals surface area contributed by atoms with Gasteiger partial charge in [0.25, 0.3) is 0 Å². The Morgan fingerprint density at radius 2 is 1.91 bits per heavy atom. The molecule has 1 fully saturated rings. The van der Waals surface area contributed by atoms with Crippen molar-refractivity contribution in [2.24, 2.45) is 0 Å². The summed E-state index contributed by atoms with van der Waals surface area (Å²) in [5.74, 6) is 0.868. The zero-order chi connectivity index (χ0) is 22.2. The number of halogens is 1. The minimum absolute atomic E-state index is 0.0326. The summed E-state index contributed by atoms with van der Waals surface area (Å²) in [6.45, 7) is 4.86. The number of thiocarbonyl (C=S) groups is 1. The van der Waals surface area contributed by atoms with Crippen LogP contribution in [0, 0.1) is 13.8 Å². The molecule has 2 atom stereocenters. The summed E-state index contributed by atoms with van der Waals surface area (Å²) in [5.41, 5.74) is 5.54. The Labute approximate surface area is 197 Å². The molecule has 162 valence electrons. The number of aryl methyl sites for hydroxylation is 1. The van der Waals surface area contributed by atoms with Crippen LogP contribution in [0.4, 0.5) is 0 Å². The Hall–Kier alpha value is -3.09. The van der Waals surface area contributed by atoms with E-state index >= 15 is 0 Å². The first-order valence-electron chi connectivity index (χ1n) is 10.5. The highest BCUT2D eigenvalue weighted by atomic mass is 35.5. The molecule has 0 aliphatic carbocycles. The summed E-state index contributed by atoms with van der Waals surface area (Å²) >= 11 is 11.9. The molecule has 4 heterocycles. The van der Waals surface area contributed by atoms with Gasteiger partial charge in [-0.3, -0.25) is 4.98 Å². The van der Waals surface area contributed by atoms with E-state index in [2.05, 4.69) is 39.7 Å². The van der Waals surface area contributed by atoms with Crippen LogP contribution in [0.2, 0.25) is 5.02 Å². The number of pyridine rings is 1. The van der Waals surface area contributed by atoms with Crippen LogP contribution in [0.5, 0.6) is 0 Å². The van der Waals surface area contributed by atoms with Gasteiger partial charge in [0.1, 0.15) is 5.76 Å². The maximum absolute atomic E-state index is 6.12. The van der Waals surface area contributed by atoms with Crippen molar-refractivity contribution in [3.63, 3.8) is 0 Å². The average Bonchev–Trinajstić information content (AvgIpc) is 3.49. The molecule has 3 aromatic heterocycles. The van der Waals surface area contributed by atoms with Crippen molar-refractivity contribution in [1.82, 2.24) is 19.8 Å². The maximum atomic E-state index is 6.12. The molecule has 1 aliphatic heterocycles. The van der Waals surface area contributed by atoms with Crippen LogP contribution >= 0.6 is 23.8 Å². The van der Waals surface area contributed by atoms with Crippen molar-refractivity contribution in [1.29, 1.82) is 0 Å². The number of nitrogens with one attached hydrogen (secondary N) is 1. The minimum Gasteiger partial charge on any atom is -0.467 e. The first-order valence-corrected chi connectivity index (χ1v) is 11.3. The van der Waals surface area contributed by atoms with Gasteiger partial charge in [-0.25, -0.2) is 0 Å². The summed E-state index contributed by atoms with van der Waals surface area (Å²) < 4.78 is 7.90. The second kappa shape index (κ2) is 8.45. The number of benzene rings is 1. The predicted molar refractivity (Wildman–Crippen MR) is 130 cm³/mol. The first-order chi connectivity index (χ1) is 15.5. The van der Waals surface area contributed by atoms with Gasteiger partial charge in [0.2, 0.25) is 0 Å². The van der Waals surface area contributed by atoms with E-state index in [4.69, 9.17) is 28.2 Å². The van der Waals surface area contributed by atoms with Crippen molar-refractivity contribution < 1.29 is 4.42 Å². The normalized spacial score (nSPS) is 18.2. The van der Waals surface area contributed by atoms with Gasteiger partial charge in [-0.1, -0.05) is 17.7 Å². The second-order valence-electron chi connectivity index (χ2n) is 7.97. The van der Waals surface area contributed by atoms with Gasteiger partial charge >= 0.3 is 0 Å². The Balaban J connectivity index is 1.62. The molecule has 1 N–H and O–H groups in total. The highest BCUT2D eigenvalue weighted by Crippen LogP contribution is 2.42. The molecule has 0 bridgehead atoms. The average molecular weight is 463 g/mol. The summed E-state index contributed by atoms with van der Waals surface area (Å²) in [7, 11) is 0. The second-order valence-corrected chi connectivity index (χ2v) is 8.80. The predicted octanol–water partition coefficient (Wildman–Crippen LogP) is 5.91. The van der Waals surface area contributed by atoms with Gasteiger partial charge < -0.3 is 19.2 Å². The minimum atomic E-state index is -0.0715. The Bertz CT molecular complexity index is 1240. The third-order valence-electron chi connectivity index (χ3n) is 5.98. The van der Waals surface area contributed by atoms with Crippen molar-refractivity contribution in [3.8, 4) is 5.69 Å². The molecule has 32 heavy (non-hydrogen) atoms. The lowest BCUT2D eigenvalue weighted by Crippen LogP contribution is -2.29. The molecule has 1 aliphatic rings. The molecule has 1 saturated heterocycles. The lowest BCUT2D eigenvalue weighted by molar-refractivity contribution is 0.286. The van der Waals surface area contributed by atoms with E-state index in [9.17, 15) is 0 Å².